The van der Waals surface area contributed by atoms with Gasteiger partial charge in [-0.1, -0.05) is 19.1 Å². The minimum atomic E-state index is -0.879. The number of carboxylic acid groups (broad SMARTS) is 1. The summed E-state index contributed by atoms with van der Waals surface area (Å²) in [5, 5.41) is 12.7. The molecule has 0 fully saturated rings. The van der Waals surface area contributed by atoms with Crippen molar-refractivity contribution in [3.8, 4) is 0 Å². The number of aromatic nitrogens is 2. The van der Waals surface area contributed by atoms with Crippen LogP contribution in [0.1, 0.15) is 13.3 Å². The molecule has 0 amide bonds. The molecule has 2 N–H and O–H groups in total. The number of nitrogens with zero attached hydrogens (tertiary/aromatic N) is 2. The van der Waals surface area contributed by atoms with Crippen molar-refractivity contribution in [1.29, 1.82) is 0 Å². The van der Waals surface area contributed by atoms with Crippen LogP contribution in [-0.4, -0.2) is 27.1 Å². The van der Waals surface area contributed by atoms with Gasteiger partial charge in [-0.15, -0.1) is 0 Å². The van der Waals surface area contributed by atoms with Crippen LogP contribution >= 0.6 is 0 Å². The third-order valence-corrected chi connectivity index (χ3v) is 2.56. The molecule has 1 aromatic heterocycles. The molecule has 88 valence electrons. The SMILES string of the molecule is CC[C@@H](Nc1ncnc2ccccc12)C(=O)O. The Bertz CT molecular complexity index is 537. The summed E-state index contributed by atoms with van der Waals surface area (Å²) in [7, 11) is 0. The molecule has 1 aromatic carbocycles. The van der Waals surface area contributed by atoms with E-state index in [0.29, 0.717) is 12.2 Å². The highest BCUT2D eigenvalue weighted by Crippen LogP contribution is 2.19. The Kier molecular flexibility index (Phi) is 3.18. The predicted octanol–water partition coefficient (Wildman–Crippen LogP) is 1.90. The van der Waals surface area contributed by atoms with Gasteiger partial charge in [0, 0.05) is 5.39 Å². The Morgan fingerprint density at radius 1 is 1.41 bits per heavy atom. The van der Waals surface area contributed by atoms with Crippen molar-refractivity contribution < 1.29 is 9.90 Å². The van der Waals surface area contributed by atoms with Crippen molar-refractivity contribution in [3.05, 3.63) is 30.6 Å². The predicted molar refractivity (Wildman–Crippen MR) is 64.9 cm³/mol. The summed E-state index contributed by atoms with van der Waals surface area (Å²) in [6.45, 7) is 1.81. The van der Waals surface area contributed by atoms with Crippen LogP contribution in [0.15, 0.2) is 30.6 Å². The van der Waals surface area contributed by atoms with E-state index in [0.717, 1.165) is 10.9 Å². The molecular formula is C12H13N3O2. The van der Waals surface area contributed by atoms with Crippen molar-refractivity contribution in [1.82, 2.24) is 9.97 Å². The third-order valence-electron chi connectivity index (χ3n) is 2.56. The molecule has 0 aliphatic rings. The number of hydrogen-bond donors (Lipinski definition) is 2. The normalized spacial score (nSPS) is 12.3. The highest BCUT2D eigenvalue weighted by molar-refractivity contribution is 5.90. The van der Waals surface area contributed by atoms with Crippen molar-refractivity contribution in [2.75, 3.05) is 5.32 Å². The first-order chi connectivity index (χ1) is 8.22. The number of fused-ring (bicyclic) bond motifs is 1. The first-order valence-electron chi connectivity index (χ1n) is 5.41. The van der Waals surface area contributed by atoms with E-state index in [-0.39, 0.29) is 0 Å². The van der Waals surface area contributed by atoms with Crippen LogP contribution in [-0.2, 0) is 4.79 Å². The van der Waals surface area contributed by atoms with Gasteiger partial charge < -0.3 is 10.4 Å². The monoisotopic (exact) mass is 231 g/mol. The molecule has 2 aromatic rings. The zero-order chi connectivity index (χ0) is 12.3. The van der Waals surface area contributed by atoms with E-state index >= 15 is 0 Å². The zero-order valence-corrected chi connectivity index (χ0v) is 9.42. The topological polar surface area (TPSA) is 75.1 Å². The summed E-state index contributed by atoms with van der Waals surface area (Å²) in [5.74, 6) is -0.319. The second-order valence-electron chi connectivity index (χ2n) is 3.68. The standard InChI is InChI=1S/C12H13N3O2/c1-2-9(12(16)17)15-11-8-5-3-4-6-10(8)13-7-14-11/h3-7,9H,2H2,1H3,(H,16,17)(H,13,14,15)/t9-/m1/s1. The highest BCUT2D eigenvalue weighted by Gasteiger charge is 2.16. The Labute approximate surface area is 98.5 Å². The van der Waals surface area contributed by atoms with Crippen molar-refractivity contribution in [3.63, 3.8) is 0 Å². The third kappa shape index (κ3) is 2.33. The van der Waals surface area contributed by atoms with E-state index in [2.05, 4.69) is 15.3 Å². The number of benzene rings is 1. The van der Waals surface area contributed by atoms with Crippen molar-refractivity contribution in [2.45, 2.75) is 19.4 Å². The number of carbonyl (C=O) groups is 1. The number of nitrogens with one attached hydrogen (secondary N) is 1. The molecule has 0 aliphatic heterocycles. The number of para-hydroxylation sites is 1. The van der Waals surface area contributed by atoms with Gasteiger partial charge in [0.2, 0.25) is 0 Å². The minimum Gasteiger partial charge on any atom is -0.480 e. The Morgan fingerprint density at radius 2 is 2.18 bits per heavy atom. The van der Waals surface area contributed by atoms with Gasteiger partial charge in [-0.2, -0.15) is 0 Å². The van der Waals surface area contributed by atoms with Gasteiger partial charge in [-0.3, -0.25) is 0 Å². The molecule has 1 heterocycles. The lowest BCUT2D eigenvalue weighted by Gasteiger charge is -2.13. The average Bonchev–Trinajstić information content (AvgIpc) is 2.35. The second kappa shape index (κ2) is 4.78. The number of rotatable bonds is 4. The van der Waals surface area contributed by atoms with Gasteiger partial charge in [0.1, 0.15) is 18.2 Å². The van der Waals surface area contributed by atoms with Crippen LogP contribution < -0.4 is 5.32 Å². The average molecular weight is 231 g/mol. The van der Waals surface area contributed by atoms with E-state index in [1.54, 1.807) is 0 Å². The summed E-state index contributed by atoms with van der Waals surface area (Å²) in [4.78, 5) is 19.2. The highest BCUT2D eigenvalue weighted by atomic mass is 16.4. The van der Waals surface area contributed by atoms with Crippen LogP contribution in [0, 0.1) is 0 Å². The molecule has 17 heavy (non-hydrogen) atoms. The number of anilines is 1. The minimum absolute atomic E-state index is 0.494. The fourth-order valence-corrected chi connectivity index (χ4v) is 1.62. The Balaban J connectivity index is 2.38. The maximum Gasteiger partial charge on any atom is 0.326 e. The fraction of sp³-hybridized carbons (Fsp3) is 0.250. The lowest BCUT2D eigenvalue weighted by molar-refractivity contribution is -0.137. The van der Waals surface area contributed by atoms with Crippen molar-refractivity contribution >= 4 is 22.7 Å². The Hall–Kier alpha value is -2.17. The summed E-state index contributed by atoms with van der Waals surface area (Å²) in [5.41, 5.74) is 0.797. The van der Waals surface area contributed by atoms with E-state index in [1.165, 1.54) is 6.33 Å². The van der Waals surface area contributed by atoms with Crippen LogP contribution in [0.3, 0.4) is 0 Å². The van der Waals surface area contributed by atoms with Crippen LogP contribution in [0.2, 0.25) is 0 Å². The Morgan fingerprint density at radius 3 is 2.88 bits per heavy atom. The van der Waals surface area contributed by atoms with Crippen LogP contribution in [0.25, 0.3) is 10.9 Å². The zero-order valence-electron chi connectivity index (χ0n) is 9.42. The molecule has 2 rings (SSSR count). The maximum absolute atomic E-state index is 11.0. The van der Waals surface area contributed by atoms with E-state index in [4.69, 9.17) is 5.11 Å². The molecular weight excluding hydrogens is 218 g/mol. The van der Waals surface area contributed by atoms with Gasteiger partial charge >= 0.3 is 5.97 Å². The lowest BCUT2D eigenvalue weighted by atomic mass is 10.2. The molecule has 0 radical (unpaired) electrons. The quantitative estimate of drug-likeness (QED) is 0.840. The lowest BCUT2D eigenvalue weighted by Crippen LogP contribution is -2.28. The summed E-state index contributed by atoms with van der Waals surface area (Å²) >= 11 is 0. The maximum atomic E-state index is 11.0. The number of hydrogen-bond acceptors (Lipinski definition) is 4. The molecule has 0 spiro atoms. The molecule has 0 unspecified atom stereocenters. The fourth-order valence-electron chi connectivity index (χ4n) is 1.62. The molecule has 0 aliphatic carbocycles. The summed E-state index contributed by atoms with van der Waals surface area (Å²) in [6.07, 6.45) is 1.92. The largest absolute Gasteiger partial charge is 0.480 e. The van der Waals surface area contributed by atoms with Gasteiger partial charge in [0.25, 0.3) is 0 Å². The first-order valence-corrected chi connectivity index (χ1v) is 5.41. The number of carboxylic acids is 1. The molecule has 5 nitrogen and oxygen atoms in total. The molecule has 1 atom stereocenters. The second-order valence-corrected chi connectivity index (χ2v) is 3.68. The van der Waals surface area contributed by atoms with Gasteiger partial charge in [0.15, 0.2) is 0 Å². The van der Waals surface area contributed by atoms with Crippen LogP contribution in [0.5, 0.6) is 0 Å². The summed E-state index contributed by atoms with van der Waals surface area (Å²) in [6, 6.07) is 6.86. The first kappa shape index (κ1) is 11.3. The molecule has 0 saturated heterocycles. The van der Waals surface area contributed by atoms with Gasteiger partial charge in [-0.25, -0.2) is 14.8 Å². The van der Waals surface area contributed by atoms with E-state index in [9.17, 15) is 4.79 Å². The summed E-state index contributed by atoms with van der Waals surface area (Å²) < 4.78 is 0. The van der Waals surface area contributed by atoms with E-state index < -0.39 is 12.0 Å². The van der Waals surface area contributed by atoms with Crippen molar-refractivity contribution in [2.24, 2.45) is 0 Å². The molecule has 0 saturated carbocycles. The van der Waals surface area contributed by atoms with E-state index in [1.807, 2.05) is 31.2 Å². The molecule has 0 bridgehead atoms. The smallest absolute Gasteiger partial charge is 0.326 e. The van der Waals surface area contributed by atoms with Gasteiger partial charge in [-0.05, 0) is 18.6 Å². The van der Waals surface area contributed by atoms with Gasteiger partial charge in [0.05, 0.1) is 5.52 Å². The molecule has 5 heteroatoms. The number of aliphatic carboxylic acids is 1. The van der Waals surface area contributed by atoms with Crippen LogP contribution in [0.4, 0.5) is 5.82 Å².